The molecule has 18 valence electrons. The molecule has 0 saturated carbocycles. The number of hydrogen-bond acceptors (Lipinski definition) is 0. The first-order valence-electron chi connectivity index (χ1n) is 0. The third kappa shape index (κ3) is 8.91. The van der Waals surface area contributed by atoms with E-state index in [1.54, 1.807) is 0 Å². The van der Waals surface area contributed by atoms with E-state index in [1.807, 2.05) is 0 Å². The molecule has 4 heavy (non-hydrogen) atoms. The molecule has 0 aromatic heterocycles. The molecule has 0 spiro atoms. The third-order valence-electron chi connectivity index (χ3n) is 0. The molecule has 0 fully saturated rings. The fourth-order valence-electron chi connectivity index (χ4n) is 0. The van der Waals surface area contributed by atoms with Crippen LogP contribution in [0.5, 0.6) is 0 Å². The molecule has 0 aliphatic heterocycles. The van der Waals surface area contributed by atoms with E-state index >= 15 is 0 Å². The van der Waals surface area contributed by atoms with Crippen LogP contribution in [-0.4, -0.2) is 0 Å². The topological polar surface area (TPSA) is 0 Å². The zero-order valence-corrected chi connectivity index (χ0v) is 12.1. The molecule has 0 N–H and O–H groups in total. The zero-order valence-electron chi connectivity index (χ0n) is 2.17. The molecule has 4 heteroatoms. The van der Waals surface area contributed by atoms with Gasteiger partial charge in [-0.15, -0.1) is 0 Å². The first-order valence-corrected chi connectivity index (χ1v) is 0. The molecule has 0 bridgehead atoms. The van der Waals surface area contributed by atoms with Gasteiger partial charge in [-0.25, -0.2) is 0 Å². The molecule has 0 rings (SSSR count). The molecule has 0 aliphatic carbocycles. The number of rotatable bonds is 0. The molecule has 0 atom stereocenters. The van der Waals surface area contributed by atoms with Gasteiger partial charge in [-0.05, 0) is 0 Å². The summed E-state index contributed by atoms with van der Waals surface area (Å²) >= 11 is 0. The van der Waals surface area contributed by atoms with Crippen LogP contribution < -0.4 is 24.8 Å². The second kappa shape index (κ2) is 19.2. The van der Waals surface area contributed by atoms with Crippen LogP contribution >= 0.6 is 0 Å². The SMILES string of the molecule is [Cl-].[Cl-].[Hg+2].[Zn]. The first-order chi connectivity index (χ1) is 0. The van der Waals surface area contributed by atoms with Crippen molar-refractivity contribution in [2.75, 3.05) is 0 Å². The average molecular weight is 337 g/mol. The van der Waals surface area contributed by atoms with Crippen molar-refractivity contribution in [2.45, 2.75) is 0 Å². The van der Waals surface area contributed by atoms with Crippen molar-refractivity contribution < 1.29 is 72.0 Å². The molecule has 0 unspecified atom stereocenters. The van der Waals surface area contributed by atoms with E-state index in [1.165, 1.54) is 0 Å². The number of hydrogen-bond donors (Lipinski definition) is 0. The Labute approximate surface area is 71.2 Å². The van der Waals surface area contributed by atoms with E-state index in [9.17, 15) is 0 Å². The quantitative estimate of drug-likeness (QED) is 0.386. The van der Waals surface area contributed by atoms with Gasteiger partial charge in [0, 0.05) is 19.5 Å². The normalized spacial score (nSPS) is 0. The van der Waals surface area contributed by atoms with Crippen LogP contribution in [0.25, 0.3) is 0 Å². The summed E-state index contributed by atoms with van der Waals surface area (Å²) in [5.41, 5.74) is 0. The first kappa shape index (κ1) is 35.4. The van der Waals surface area contributed by atoms with Crippen molar-refractivity contribution in [2.24, 2.45) is 0 Å². The maximum atomic E-state index is 0. The van der Waals surface area contributed by atoms with E-state index in [4.69, 9.17) is 0 Å². The largest absolute Gasteiger partial charge is 2.00 e. The van der Waals surface area contributed by atoms with Crippen LogP contribution in [0.2, 0.25) is 0 Å². The molecule has 0 radical (unpaired) electrons. The van der Waals surface area contributed by atoms with E-state index in [2.05, 4.69) is 0 Å². The summed E-state index contributed by atoms with van der Waals surface area (Å²) < 4.78 is 0. The van der Waals surface area contributed by atoms with Gasteiger partial charge in [-0.2, -0.15) is 0 Å². The maximum absolute atomic E-state index is 0. The Hall–Kier alpha value is 2.14. The summed E-state index contributed by atoms with van der Waals surface area (Å²) in [6.45, 7) is 0. The molecule has 0 saturated heterocycles. The van der Waals surface area contributed by atoms with E-state index in [0.29, 0.717) is 0 Å². The molecule has 0 nitrogen and oxygen atoms in total. The van der Waals surface area contributed by atoms with Crippen molar-refractivity contribution in [1.29, 1.82) is 0 Å². The minimum absolute atomic E-state index is 0. The van der Waals surface area contributed by atoms with E-state index in [0.717, 1.165) is 0 Å². The predicted molar refractivity (Wildman–Crippen MR) is 0 cm³/mol. The number of halogens is 2. The van der Waals surface area contributed by atoms with Gasteiger partial charge in [0.1, 0.15) is 0 Å². The van der Waals surface area contributed by atoms with Gasteiger partial charge in [0.15, 0.2) is 0 Å². The summed E-state index contributed by atoms with van der Waals surface area (Å²) in [4.78, 5) is 0. The Balaban J connectivity index is 0. The molecule has 0 aliphatic rings. The molecule has 0 aromatic rings. The predicted octanol–water partition coefficient (Wildman–Crippen LogP) is -6.00. The van der Waals surface area contributed by atoms with Crippen molar-refractivity contribution in [3.05, 3.63) is 0 Å². The smallest absolute Gasteiger partial charge is 1.00 e. The van der Waals surface area contributed by atoms with Crippen molar-refractivity contribution in [1.82, 2.24) is 0 Å². The fourth-order valence-corrected chi connectivity index (χ4v) is 0. The van der Waals surface area contributed by atoms with Gasteiger partial charge in [0.05, 0.1) is 0 Å². The average Bonchev–Trinajstić information content (AvgIpc) is 0. The van der Waals surface area contributed by atoms with Gasteiger partial charge in [0.25, 0.3) is 0 Å². The van der Waals surface area contributed by atoms with Crippen LogP contribution in [-0.2, 0) is 47.1 Å². The Kier molecular flexibility index (Phi) is 171. The molecule has 0 aromatic carbocycles. The van der Waals surface area contributed by atoms with Crippen molar-refractivity contribution in [3.63, 3.8) is 0 Å². The monoisotopic (exact) mass is 336 g/mol. The Morgan fingerprint density at radius 1 is 0.750 bits per heavy atom. The van der Waals surface area contributed by atoms with Gasteiger partial charge in [-0.3, -0.25) is 0 Å². The Bertz CT molecular complexity index is 6.00. The van der Waals surface area contributed by atoms with Crippen LogP contribution in [0.3, 0.4) is 0 Å². The maximum Gasteiger partial charge on any atom is 2.00 e. The molecule has 0 amide bonds. The van der Waals surface area contributed by atoms with Crippen molar-refractivity contribution in [3.8, 4) is 0 Å². The standard InChI is InChI=1S/2ClH.Hg.Zn/h2*1H;;/q;;+2;/p-2. The molecular weight excluding hydrogens is 337 g/mol. The zero-order chi connectivity index (χ0) is 0. The summed E-state index contributed by atoms with van der Waals surface area (Å²) in [5, 5.41) is 0. The summed E-state index contributed by atoms with van der Waals surface area (Å²) in [6, 6.07) is 0. The second-order valence-electron chi connectivity index (χ2n) is 0. The molecular formula is Cl2HgZn. The minimum atomic E-state index is 0. The van der Waals surface area contributed by atoms with Crippen molar-refractivity contribution >= 4 is 0 Å². The van der Waals surface area contributed by atoms with E-state index < -0.39 is 0 Å². The summed E-state index contributed by atoms with van der Waals surface area (Å²) in [6.07, 6.45) is 0. The molecule has 0 heterocycles. The minimum Gasteiger partial charge on any atom is -1.00 e. The van der Waals surface area contributed by atoms with Gasteiger partial charge in [-0.1, -0.05) is 0 Å². The summed E-state index contributed by atoms with van der Waals surface area (Å²) in [7, 11) is 0. The van der Waals surface area contributed by atoms with Crippen LogP contribution in [0, 0.1) is 0 Å². The van der Waals surface area contributed by atoms with Crippen LogP contribution in [0.1, 0.15) is 0 Å². The third-order valence-corrected chi connectivity index (χ3v) is 0. The fraction of sp³-hybridized carbons (Fsp3) is 0. The van der Waals surface area contributed by atoms with Gasteiger partial charge >= 0.3 is 27.7 Å². The second-order valence-corrected chi connectivity index (χ2v) is 0. The Morgan fingerprint density at radius 3 is 0.750 bits per heavy atom. The van der Waals surface area contributed by atoms with Gasteiger partial charge in [0.2, 0.25) is 0 Å². The Morgan fingerprint density at radius 2 is 0.750 bits per heavy atom. The van der Waals surface area contributed by atoms with E-state index in [-0.39, 0.29) is 72.0 Å². The summed E-state index contributed by atoms with van der Waals surface area (Å²) in [5.74, 6) is 0. The van der Waals surface area contributed by atoms with Crippen LogP contribution in [0.4, 0.5) is 0 Å². The van der Waals surface area contributed by atoms with Gasteiger partial charge < -0.3 is 24.8 Å². The van der Waals surface area contributed by atoms with Crippen LogP contribution in [0.15, 0.2) is 0 Å².